The molecule has 112 valence electrons. The number of hydrogen-bond donors (Lipinski definition) is 2. The van der Waals surface area contributed by atoms with E-state index in [0.717, 1.165) is 15.8 Å². The standard InChI is InChI=1S/C12H15BrN2O3S.ClH/c13-8-4-9(19-7-8)5-14-11(16)6-15-3-1-2-10(15)12(17)18;/h4,7,10H,1-3,5-6H2,(H,14,16)(H,17,18);1H/t10-;/m1./s1. The molecule has 5 nitrogen and oxygen atoms in total. The van der Waals surface area contributed by atoms with Crippen molar-refractivity contribution >= 4 is 51.6 Å². The van der Waals surface area contributed by atoms with Gasteiger partial charge in [0.2, 0.25) is 5.91 Å². The minimum atomic E-state index is -0.840. The number of carboxylic acids is 1. The van der Waals surface area contributed by atoms with Gasteiger partial charge in [0.1, 0.15) is 6.04 Å². The van der Waals surface area contributed by atoms with E-state index in [4.69, 9.17) is 5.11 Å². The summed E-state index contributed by atoms with van der Waals surface area (Å²) in [6, 6.07) is 1.45. The summed E-state index contributed by atoms with van der Waals surface area (Å²) >= 11 is 4.93. The number of carboxylic acid groups (broad SMARTS) is 1. The Bertz CT molecular complexity index is 483. The van der Waals surface area contributed by atoms with Gasteiger partial charge < -0.3 is 10.4 Å². The molecule has 1 atom stereocenters. The molecule has 0 radical (unpaired) electrons. The highest BCUT2D eigenvalue weighted by atomic mass is 79.9. The van der Waals surface area contributed by atoms with Gasteiger partial charge in [-0.3, -0.25) is 14.5 Å². The summed E-state index contributed by atoms with van der Waals surface area (Å²) < 4.78 is 1.01. The molecular formula is C12H16BrClN2O3S. The predicted octanol–water partition coefficient (Wildman–Crippen LogP) is 2.10. The average molecular weight is 384 g/mol. The van der Waals surface area contributed by atoms with Crippen LogP contribution in [0, 0.1) is 0 Å². The van der Waals surface area contributed by atoms with Crippen molar-refractivity contribution in [2.24, 2.45) is 0 Å². The molecule has 0 spiro atoms. The molecule has 0 bridgehead atoms. The predicted molar refractivity (Wildman–Crippen MR) is 83.3 cm³/mol. The van der Waals surface area contributed by atoms with E-state index in [1.807, 2.05) is 11.4 Å². The number of nitrogens with zero attached hydrogens (tertiary/aromatic N) is 1. The minimum Gasteiger partial charge on any atom is -0.480 e. The van der Waals surface area contributed by atoms with Gasteiger partial charge in [-0.1, -0.05) is 0 Å². The number of hydrogen-bond acceptors (Lipinski definition) is 4. The van der Waals surface area contributed by atoms with Crippen LogP contribution in [0.2, 0.25) is 0 Å². The monoisotopic (exact) mass is 382 g/mol. The third-order valence-electron chi connectivity index (χ3n) is 3.08. The van der Waals surface area contributed by atoms with Crippen molar-refractivity contribution in [2.75, 3.05) is 13.1 Å². The van der Waals surface area contributed by atoms with Crippen molar-refractivity contribution in [3.63, 3.8) is 0 Å². The second-order valence-corrected chi connectivity index (χ2v) is 6.39. The molecule has 0 unspecified atom stereocenters. The molecule has 1 aromatic rings. The van der Waals surface area contributed by atoms with Crippen molar-refractivity contribution in [1.82, 2.24) is 10.2 Å². The Morgan fingerprint density at radius 2 is 2.30 bits per heavy atom. The van der Waals surface area contributed by atoms with Crippen molar-refractivity contribution in [2.45, 2.75) is 25.4 Å². The summed E-state index contributed by atoms with van der Waals surface area (Å²) in [6.45, 7) is 1.32. The Hall–Kier alpha value is -0.630. The van der Waals surface area contributed by atoms with Crippen LogP contribution < -0.4 is 5.32 Å². The lowest BCUT2D eigenvalue weighted by Crippen LogP contribution is -2.42. The van der Waals surface area contributed by atoms with Gasteiger partial charge in [-0.15, -0.1) is 23.7 Å². The van der Waals surface area contributed by atoms with Crippen LogP contribution in [0.25, 0.3) is 0 Å². The maximum Gasteiger partial charge on any atom is 0.320 e. The Balaban J connectivity index is 0.00000200. The lowest BCUT2D eigenvalue weighted by Gasteiger charge is -2.20. The molecule has 1 fully saturated rings. The van der Waals surface area contributed by atoms with Crippen molar-refractivity contribution in [3.05, 3.63) is 20.8 Å². The van der Waals surface area contributed by atoms with Gasteiger partial charge in [0, 0.05) is 14.7 Å². The Morgan fingerprint density at radius 3 is 2.90 bits per heavy atom. The molecule has 2 heterocycles. The molecule has 2 rings (SSSR count). The molecule has 1 aliphatic rings. The third-order valence-corrected chi connectivity index (χ3v) is 4.77. The third kappa shape index (κ3) is 4.73. The number of halogens is 2. The fraction of sp³-hybridized carbons (Fsp3) is 0.500. The second kappa shape index (κ2) is 7.97. The highest BCUT2D eigenvalue weighted by Gasteiger charge is 2.31. The first-order valence-electron chi connectivity index (χ1n) is 6.02. The molecule has 0 saturated carbocycles. The number of carbonyl (C=O) groups excluding carboxylic acids is 1. The first kappa shape index (κ1) is 17.4. The smallest absolute Gasteiger partial charge is 0.320 e. The van der Waals surface area contributed by atoms with Gasteiger partial charge in [0.15, 0.2) is 0 Å². The number of likely N-dealkylation sites (tertiary alicyclic amines) is 1. The van der Waals surface area contributed by atoms with Crippen LogP contribution in [0.4, 0.5) is 0 Å². The van der Waals surface area contributed by atoms with E-state index in [9.17, 15) is 9.59 Å². The minimum absolute atomic E-state index is 0. The fourth-order valence-electron chi connectivity index (χ4n) is 2.17. The normalized spacial score (nSPS) is 18.6. The molecule has 0 aromatic carbocycles. The van der Waals surface area contributed by atoms with Gasteiger partial charge in [-0.25, -0.2) is 0 Å². The maximum atomic E-state index is 11.8. The topological polar surface area (TPSA) is 69.6 Å². The molecule has 0 aliphatic carbocycles. The zero-order chi connectivity index (χ0) is 13.8. The van der Waals surface area contributed by atoms with E-state index in [1.165, 1.54) is 0 Å². The highest BCUT2D eigenvalue weighted by Crippen LogP contribution is 2.19. The summed E-state index contributed by atoms with van der Waals surface area (Å²) in [7, 11) is 0. The molecular weight excluding hydrogens is 368 g/mol. The maximum absolute atomic E-state index is 11.8. The average Bonchev–Trinajstić information content (AvgIpc) is 2.95. The van der Waals surface area contributed by atoms with Gasteiger partial charge >= 0.3 is 5.97 Å². The first-order chi connectivity index (χ1) is 9.06. The first-order valence-corrected chi connectivity index (χ1v) is 7.70. The largest absolute Gasteiger partial charge is 0.480 e. The number of amides is 1. The Kier molecular flexibility index (Phi) is 6.94. The molecule has 1 amide bonds. The van der Waals surface area contributed by atoms with Crippen LogP contribution in [-0.4, -0.2) is 41.0 Å². The van der Waals surface area contributed by atoms with E-state index in [2.05, 4.69) is 21.2 Å². The summed E-state index contributed by atoms with van der Waals surface area (Å²) in [5.74, 6) is -0.967. The molecule has 8 heteroatoms. The SMILES string of the molecule is Cl.O=C(CN1CCC[C@@H]1C(=O)O)NCc1cc(Br)cs1. The summed E-state index contributed by atoms with van der Waals surface area (Å²) in [6.07, 6.45) is 1.46. The molecule has 2 N–H and O–H groups in total. The highest BCUT2D eigenvalue weighted by molar-refractivity contribution is 9.10. The molecule has 20 heavy (non-hydrogen) atoms. The number of rotatable bonds is 5. The number of aliphatic carboxylic acids is 1. The Morgan fingerprint density at radius 1 is 1.55 bits per heavy atom. The van der Waals surface area contributed by atoms with Gasteiger partial charge in [-0.2, -0.15) is 0 Å². The van der Waals surface area contributed by atoms with Crippen LogP contribution in [-0.2, 0) is 16.1 Å². The van der Waals surface area contributed by atoms with Crippen molar-refractivity contribution < 1.29 is 14.7 Å². The van der Waals surface area contributed by atoms with E-state index < -0.39 is 12.0 Å². The lowest BCUT2D eigenvalue weighted by atomic mass is 10.2. The van der Waals surface area contributed by atoms with Gasteiger partial charge in [0.05, 0.1) is 13.1 Å². The number of thiophene rings is 1. The number of carbonyl (C=O) groups is 2. The van der Waals surface area contributed by atoms with Crippen LogP contribution >= 0.6 is 39.7 Å². The van der Waals surface area contributed by atoms with Crippen LogP contribution in [0.5, 0.6) is 0 Å². The molecule has 1 aliphatic heterocycles. The lowest BCUT2D eigenvalue weighted by molar-refractivity contribution is -0.142. The zero-order valence-corrected chi connectivity index (χ0v) is 13.9. The van der Waals surface area contributed by atoms with Gasteiger partial charge in [0.25, 0.3) is 0 Å². The number of nitrogens with one attached hydrogen (secondary N) is 1. The molecule has 1 saturated heterocycles. The fourth-order valence-corrected chi connectivity index (χ4v) is 3.56. The summed E-state index contributed by atoms with van der Waals surface area (Å²) in [4.78, 5) is 25.6. The van der Waals surface area contributed by atoms with Crippen LogP contribution in [0.3, 0.4) is 0 Å². The second-order valence-electron chi connectivity index (χ2n) is 4.47. The van der Waals surface area contributed by atoms with Crippen molar-refractivity contribution in [3.8, 4) is 0 Å². The summed E-state index contributed by atoms with van der Waals surface area (Å²) in [5, 5.41) is 13.8. The van der Waals surface area contributed by atoms with Crippen LogP contribution in [0.1, 0.15) is 17.7 Å². The van der Waals surface area contributed by atoms with E-state index in [1.54, 1.807) is 16.2 Å². The zero-order valence-electron chi connectivity index (χ0n) is 10.7. The van der Waals surface area contributed by atoms with E-state index in [-0.39, 0.29) is 24.9 Å². The molecule has 1 aromatic heterocycles. The van der Waals surface area contributed by atoms with E-state index >= 15 is 0 Å². The van der Waals surface area contributed by atoms with E-state index in [0.29, 0.717) is 19.5 Å². The van der Waals surface area contributed by atoms with Crippen LogP contribution in [0.15, 0.2) is 15.9 Å². The quantitative estimate of drug-likeness (QED) is 0.817. The summed E-state index contributed by atoms with van der Waals surface area (Å²) in [5.41, 5.74) is 0. The van der Waals surface area contributed by atoms with Crippen molar-refractivity contribution in [1.29, 1.82) is 0 Å². The van der Waals surface area contributed by atoms with Gasteiger partial charge in [-0.05, 0) is 41.4 Å². The Labute approximate surface area is 135 Å².